The number of anilines is 1. The van der Waals surface area contributed by atoms with Gasteiger partial charge in [0, 0.05) is 29.4 Å². The molecule has 0 aliphatic rings. The molecule has 0 aliphatic carbocycles. The lowest BCUT2D eigenvalue weighted by atomic mass is 10.2. The van der Waals surface area contributed by atoms with Crippen LogP contribution in [0.4, 0.5) is 5.69 Å². The van der Waals surface area contributed by atoms with Crippen molar-refractivity contribution in [2.24, 2.45) is 0 Å². The first-order valence-corrected chi connectivity index (χ1v) is 8.37. The standard InChI is InChI=1S/C17H19N3O2S/c1-12-11-23-17-18-14(8-16(22)20(12)17)10-19(9-13(2)21)15-6-4-3-5-7-15/h3-8,11,13,21H,9-10H2,1-2H3/t13-/m0/s1. The van der Waals surface area contributed by atoms with E-state index in [0.29, 0.717) is 23.7 Å². The number of hydrogen-bond acceptors (Lipinski definition) is 5. The average molecular weight is 329 g/mol. The molecule has 3 aromatic rings. The zero-order valence-electron chi connectivity index (χ0n) is 13.1. The summed E-state index contributed by atoms with van der Waals surface area (Å²) >= 11 is 1.46. The van der Waals surface area contributed by atoms with E-state index in [2.05, 4.69) is 4.98 Å². The summed E-state index contributed by atoms with van der Waals surface area (Å²) in [5, 5.41) is 11.7. The number of thiazole rings is 1. The van der Waals surface area contributed by atoms with Crippen LogP contribution in [0.2, 0.25) is 0 Å². The van der Waals surface area contributed by atoms with Crippen LogP contribution < -0.4 is 10.5 Å². The van der Waals surface area contributed by atoms with Gasteiger partial charge in [-0.25, -0.2) is 4.98 Å². The molecule has 2 aromatic heterocycles. The molecule has 0 amide bonds. The average Bonchev–Trinajstić information content (AvgIpc) is 2.89. The Morgan fingerprint density at radius 3 is 2.78 bits per heavy atom. The van der Waals surface area contributed by atoms with Crippen molar-refractivity contribution in [2.45, 2.75) is 26.5 Å². The van der Waals surface area contributed by atoms with Gasteiger partial charge in [0.25, 0.3) is 5.56 Å². The predicted octanol–water partition coefficient (Wildman–Crippen LogP) is 2.45. The summed E-state index contributed by atoms with van der Waals surface area (Å²) in [5.41, 5.74) is 2.55. The quantitative estimate of drug-likeness (QED) is 0.781. The molecule has 1 atom stereocenters. The first-order chi connectivity index (χ1) is 11.0. The molecule has 3 rings (SSSR count). The van der Waals surface area contributed by atoms with Crippen LogP contribution in [0.1, 0.15) is 18.3 Å². The van der Waals surface area contributed by atoms with Crippen molar-refractivity contribution in [2.75, 3.05) is 11.4 Å². The molecule has 0 saturated carbocycles. The number of nitrogens with zero attached hydrogens (tertiary/aromatic N) is 3. The van der Waals surface area contributed by atoms with Crippen LogP contribution in [0, 0.1) is 6.92 Å². The van der Waals surface area contributed by atoms with E-state index in [1.54, 1.807) is 17.4 Å². The van der Waals surface area contributed by atoms with E-state index in [9.17, 15) is 9.90 Å². The fourth-order valence-corrected chi connectivity index (χ4v) is 3.49. The Morgan fingerprint density at radius 1 is 1.35 bits per heavy atom. The SMILES string of the molecule is Cc1csc2nc(CN(C[C@H](C)O)c3ccccc3)cc(=O)n12. The van der Waals surface area contributed by atoms with Gasteiger partial charge in [-0.15, -0.1) is 11.3 Å². The molecule has 2 heterocycles. The van der Waals surface area contributed by atoms with Crippen molar-refractivity contribution in [3.63, 3.8) is 0 Å². The van der Waals surface area contributed by atoms with Gasteiger partial charge < -0.3 is 10.0 Å². The number of fused-ring (bicyclic) bond motifs is 1. The number of aliphatic hydroxyl groups excluding tert-OH is 1. The fourth-order valence-electron chi connectivity index (χ4n) is 2.60. The molecule has 0 saturated heterocycles. The second kappa shape index (κ2) is 6.52. The molecule has 0 fully saturated rings. The molecule has 0 bridgehead atoms. The normalized spacial score (nSPS) is 12.5. The molecule has 1 N–H and O–H groups in total. The Kier molecular flexibility index (Phi) is 4.45. The number of aryl methyl sites for hydroxylation is 1. The highest BCUT2D eigenvalue weighted by Gasteiger charge is 2.13. The lowest BCUT2D eigenvalue weighted by Crippen LogP contribution is -2.31. The lowest BCUT2D eigenvalue weighted by molar-refractivity contribution is 0.199. The van der Waals surface area contributed by atoms with Gasteiger partial charge in [0.05, 0.1) is 18.3 Å². The van der Waals surface area contributed by atoms with Crippen LogP contribution in [0.15, 0.2) is 46.6 Å². The Hall–Kier alpha value is -2.18. The maximum atomic E-state index is 12.3. The summed E-state index contributed by atoms with van der Waals surface area (Å²) in [6.07, 6.45) is -0.469. The van der Waals surface area contributed by atoms with Gasteiger partial charge in [-0.3, -0.25) is 9.20 Å². The van der Waals surface area contributed by atoms with Crippen molar-refractivity contribution >= 4 is 22.0 Å². The smallest absolute Gasteiger partial charge is 0.259 e. The van der Waals surface area contributed by atoms with Gasteiger partial charge in [0.1, 0.15) is 0 Å². The highest BCUT2D eigenvalue weighted by molar-refractivity contribution is 7.15. The number of para-hydroxylation sites is 1. The third-order valence-corrected chi connectivity index (χ3v) is 4.53. The molecule has 120 valence electrons. The molecule has 23 heavy (non-hydrogen) atoms. The molecule has 0 spiro atoms. The first kappa shape index (κ1) is 15.7. The maximum absolute atomic E-state index is 12.3. The van der Waals surface area contributed by atoms with Gasteiger partial charge in [0.2, 0.25) is 0 Å². The maximum Gasteiger partial charge on any atom is 0.259 e. The van der Waals surface area contributed by atoms with Crippen molar-refractivity contribution in [1.29, 1.82) is 0 Å². The second-order valence-corrected chi connectivity index (χ2v) is 6.48. The molecule has 6 heteroatoms. The number of rotatable bonds is 5. The molecule has 1 aromatic carbocycles. The molecular weight excluding hydrogens is 310 g/mol. The highest BCUT2D eigenvalue weighted by atomic mass is 32.1. The van der Waals surface area contributed by atoms with Crippen molar-refractivity contribution in [1.82, 2.24) is 9.38 Å². The van der Waals surface area contributed by atoms with E-state index in [1.807, 2.05) is 47.5 Å². The molecule has 0 aliphatic heterocycles. The minimum absolute atomic E-state index is 0.0613. The lowest BCUT2D eigenvalue weighted by Gasteiger charge is -2.25. The zero-order valence-corrected chi connectivity index (χ0v) is 14.0. The van der Waals surface area contributed by atoms with E-state index < -0.39 is 6.10 Å². The summed E-state index contributed by atoms with van der Waals surface area (Å²) in [4.78, 5) is 19.6. The van der Waals surface area contributed by atoms with Crippen molar-refractivity contribution in [3.8, 4) is 0 Å². The Labute approximate surface area is 138 Å². The molecule has 5 nitrogen and oxygen atoms in total. The van der Waals surface area contributed by atoms with E-state index in [4.69, 9.17) is 0 Å². The van der Waals surface area contributed by atoms with Crippen LogP contribution in [0.5, 0.6) is 0 Å². The van der Waals surface area contributed by atoms with Gasteiger partial charge in [0.15, 0.2) is 4.96 Å². The summed E-state index contributed by atoms with van der Waals surface area (Å²) in [6, 6.07) is 11.4. The zero-order chi connectivity index (χ0) is 16.4. The predicted molar refractivity (Wildman–Crippen MR) is 93.2 cm³/mol. The van der Waals surface area contributed by atoms with Crippen LogP contribution in [-0.4, -0.2) is 27.1 Å². The van der Waals surface area contributed by atoms with E-state index in [-0.39, 0.29) is 5.56 Å². The topological polar surface area (TPSA) is 57.8 Å². The van der Waals surface area contributed by atoms with Crippen molar-refractivity contribution < 1.29 is 5.11 Å². The Morgan fingerprint density at radius 2 is 2.09 bits per heavy atom. The summed E-state index contributed by atoms with van der Waals surface area (Å²) in [7, 11) is 0. The van der Waals surface area contributed by atoms with Crippen LogP contribution in [0.3, 0.4) is 0 Å². The van der Waals surface area contributed by atoms with Gasteiger partial charge in [-0.1, -0.05) is 18.2 Å². The summed E-state index contributed by atoms with van der Waals surface area (Å²) in [5.74, 6) is 0. The van der Waals surface area contributed by atoms with Gasteiger partial charge in [-0.2, -0.15) is 0 Å². The third kappa shape index (κ3) is 3.43. The van der Waals surface area contributed by atoms with Crippen LogP contribution in [-0.2, 0) is 6.54 Å². The number of hydrogen-bond donors (Lipinski definition) is 1. The Bertz CT molecular complexity index is 855. The molecular formula is C17H19N3O2S. The van der Waals surface area contributed by atoms with E-state index in [0.717, 1.165) is 11.4 Å². The Balaban J connectivity index is 1.95. The second-order valence-electron chi connectivity index (χ2n) is 5.65. The van der Waals surface area contributed by atoms with Crippen molar-refractivity contribution in [3.05, 3.63) is 63.5 Å². The number of aromatic nitrogens is 2. The number of benzene rings is 1. The minimum Gasteiger partial charge on any atom is -0.392 e. The minimum atomic E-state index is -0.469. The third-order valence-electron chi connectivity index (χ3n) is 3.59. The van der Waals surface area contributed by atoms with E-state index in [1.165, 1.54) is 11.3 Å². The van der Waals surface area contributed by atoms with Crippen LogP contribution in [0.25, 0.3) is 4.96 Å². The van der Waals surface area contributed by atoms with Gasteiger partial charge in [-0.05, 0) is 26.0 Å². The highest BCUT2D eigenvalue weighted by Crippen LogP contribution is 2.17. The van der Waals surface area contributed by atoms with Gasteiger partial charge >= 0.3 is 0 Å². The summed E-state index contributed by atoms with van der Waals surface area (Å²) in [6.45, 7) is 4.62. The monoisotopic (exact) mass is 329 g/mol. The first-order valence-electron chi connectivity index (χ1n) is 7.49. The fraction of sp³-hybridized carbons (Fsp3) is 0.294. The van der Waals surface area contributed by atoms with E-state index >= 15 is 0 Å². The molecule has 0 unspecified atom stereocenters. The number of aliphatic hydroxyl groups is 1. The molecule has 0 radical (unpaired) electrons. The van der Waals surface area contributed by atoms with Crippen LogP contribution >= 0.6 is 11.3 Å². The largest absolute Gasteiger partial charge is 0.392 e. The summed E-state index contributed by atoms with van der Waals surface area (Å²) < 4.78 is 1.62.